The molecule has 0 saturated carbocycles. The zero-order valence-corrected chi connectivity index (χ0v) is 17.8. The van der Waals surface area contributed by atoms with Crippen molar-refractivity contribution >= 4 is 34.2 Å². The summed E-state index contributed by atoms with van der Waals surface area (Å²) in [5.41, 5.74) is 1.92. The lowest BCUT2D eigenvalue weighted by Crippen LogP contribution is -2.30. The second kappa shape index (κ2) is 10.4. The zero-order chi connectivity index (χ0) is 22.2. The number of rotatable bonds is 8. The largest absolute Gasteiger partial charge is 0.455 e. The highest BCUT2D eigenvalue weighted by atomic mass is 16.5. The van der Waals surface area contributed by atoms with E-state index in [1.807, 2.05) is 56.3 Å². The first-order chi connectivity index (χ1) is 15.0. The predicted molar refractivity (Wildman–Crippen MR) is 121 cm³/mol. The van der Waals surface area contributed by atoms with Gasteiger partial charge in [0.25, 0.3) is 11.8 Å². The molecule has 160 valence electrons. The Morgan fingerprint density at radius 2 is 1.55 bits per heavy atom. The van der Waals surface area contributed by atoms with Gasteiger partial charge < -0.3 is 15.0 Å². The number of carbonyl (C=O) groups excluding carboxylic acids is 3. The summed E-state index contributed by atoms with van der Waals surface area (Å²) in [6.45, 7) is 4.76. The van der Waals surface area contributed by atoms with Gasteiger partial charge in [-0.2, -0.15) is 0 Å². The maximum Gasteiger partial charge on any atom is 0.310 e. The van der Waals surface area contributed by atoms with Gasteiger partial charge in [0.05, 0.1) is 6.42 Å². The van der Waals surface area contributed by atoms with E-state index in [0.717, 1.165) is 16.3 Å². The highest BCUT2D eigenvalue weighted by Crippen LogP contribution is 2.16. The van der Waals surface area contributed by atoms with Crippen LogP contribution in [-0.2, 0) is 20.7 Å². The Bertz CT molecular complexity index is 1070. The molecule has 0 aromatic heterocycles. The Labute approximate surface area is 181 Å². The number of anilines is 1. The zero-order valence-electron chi connectivity index (χ0n) is 17.8. The van der Waals surface area contributed by atoms with E-state index >= 15 is 0 Å². The first-order valence-electron chi connectivity index (χ1n) is 10.3. The molecule has 0 heterocycles. The van der Waals surface area contributed by atoms with Crippen molar-refractivity contribution in [1.29, 1.82) is 0 Å². The standard InChI is InChI=1S/C25H26N2O4/c1-3-27(4-2)25(30)20-11-13-22(14-12-20)26-23(28)17-31-24(29)16-18-9-10-19-7-5-6-8-21(19)15-18/h5-15H,3-4,16-17H2,1-2H3,(H,26,28). The average Bonchev–Trinajstić information content (AvgIpc) is 2.79. The van der Waals surface area contributed by atoms with Crippen molar-refractivity contribution in [3.05, 3.63) is 77.9 Å². The van der Waals surface area contributed by atoms with Gasteiger partial charge >= 0.3 is 5.97 Å². The molecule has 1 N–H and O–H groups in total. The molecule has 6 nitrogen and oxygen atoms in total. The van der Waals surface area contributed by atoms with Crippen LogP contribution in [0.25, 0.3) is 10.8 Å². The van der Waals surface area contributed by atoms with Crippen LogP contribution in [-0.4, -0.2) is 42.4 Å². The summed E-state index contributed by atoms with van der Waals surface area (Å²) in [4.78, 5) is 38.2. The molecule has 0 aliphatic carbocycles. The highest BCUT2D eigenvalue weighted by molar-refractivity contribution is 5.96. The Morgan fingerprint density at radius 1 is 0.871 bits per heavy atom. The van der Waals surface area contributed by atoms with E-state index in [1.165, 1.54) is 0 Å². The summed E-state index contributed by atoms with van der Waals surface area (Å²) in [7, 11) is 0. The molecule has 6 heteroatoms. The van der Waals surface area contributed by atoms with Gasteiger partial charge in [-0.1, -0.05) is 42.5 Å². The summed E-state index contributed by atoms with van der Waals surface area (Å²) in [5.74, 6) is -0.953. The number of fused-ring (bicyclic) bond motifs is 1. The van der Waals surface area contributed by atoms with Crippen LogP contribution < -0.4 is 5.32 Å². The van der Waals surface area contributed by atoms with E-state index in [9.17, 15) is 14.4 Å². The first kappa shape index (κ1) is 22.0. The maximum absolute atomic E-state index is 12.3. The Hall–Kier alpha value is -3.67. The SMILES string of the molecule is CCN(CC)C(=O)c1ccc(NC(=O)COC(=O)Cc2ccc3ccccc3c2)cc1. The number of nitrogens with one attached hydrogen (secondary N) is 1. The molecule has 0 unspecified atom stereocenters. The van der Waals surface area contributed by atoms with Crippen molar-refractivity contribution in [2.45, 2.75) is 20.3 Å². The molecule has 0 aliphatic heterocycles. The number of ether oxygens (including phenoxy) is 1. The summed E-state index contributed by atoms with van der Waals surface area (Å²) >= 11 is 0. The van der Waals surface area contributed by atoms with E-state index < -0.39 is 11.9 Å². The molecule has 3 aromatic carbocycles. The van der Waals surface area contributed by atoms with Crippen LogP contribution in [0.4, 0.5) is 5.69 Å². The number of nitrogens with zero attached hydrogens (tertiary/aromatic N) is 1. The topological polar surface area (TPSA) is 75.7 Å². The molecule has 2 amide bonds. The number of hydrogen-bond donors (Lipinski definition) is 1. The molecule has 0 bridgehead atoms. The number of benzene rings is 3. The van der Waals surface area contributed by atoms with Gasteiger partial charge in [-0.05, 0) is 54.4 Å². The van der Waals surface area contributed by atoms with Crippen molar-refractivity contribution < 1.29 is 19.1 Å². The molecule has 0 fully saturated rings. The number of amides is 2. The molecule has 3 aromatic rings. The van der Waals surface area contributed by atoms with Crippen LogP contribution in [0.15, 0.2) is 66.7 Å². The molecular weight excluding hydrogens is 392 g/mol. The third-order valence-electron chi connectivity index (χ3n) is 4.99. The van der Waals surface area contributed by atoms with Crippen LogP contribution in [0.2, 0.25) is 0 Å². The lowest BCUT2D eigenvalue weighted by Gasteiger charge is -2.18. The van der Waals surface area contributed by atoms with Crippen molar-refractivity contribution in [2.24, 2.45) is 0 Å². The van der Waals surface area contributed by atoms with Crippen molar-refractivity contribution in [1.82, 2.24) is 4.90 Å². The normalized spacial score (nSPS) is 10.5. The van der Waals surface area contributed by atoms with Gasteiger partial charge in [-0.3, -0.25) is 14.4 Å². The minimum atomic E-state index is -0.467. The lowest BCUT2D eigenvalue weighted by molar-refractivity contribution is -0.146. The molecule has 0 saturated heterocycles. The number of carbonyl (C=O) groups is 3. The van der Waals surface area contributed by atoms with Gasteiger partial charge in [0.1, 0.15) is 0 Å². The minimum Gasteiger partial charge on any atom is -0.455 e. The van der Waals surface area contributed by atoms with Gasteiger partial charge in [0.15, 0.2) is 6.61 Å². The Morgan fingerprint density at radius 3 is 2.23 bits per heavy atom. The summed E-state index contributed by atoms with van der Waals surface area (Å²) in [6, 6.07) is 20.3. The number of hydrogen-bond acceptors (Lipinski definition) is 4. The van der Waals surface area contributed by atoms with Gasteiger partial charge in [-0.15, -0.1) is 0 Å². The summed E-state index contributed by atoms with van der Waals surface area (Å²) in [6.07, 6.45) is 0.0975. The first-order valence-corrected chi connectivity index (χ1v) is 10.3. The van der Waals surface area contributed by atoms with Crippen LogP contribution in [0.5, 0.6) is 0 Å². The smallest absolute Gasteiger partial charge is 0.310 e. The van der Waals surface area contributed by atoms with Crippen LogP contribution in [0, 0.1) is 0 Å². The third-order valence-corrected chi connectivity index (χ3v) is 4.99. The van der Waals surface area contributed by atoms with Crippen molar-refractivity contribution in [3.8, 4) is 0 Å². The van der Waals surface area contributed by atoms with Crippen LogP contribution in [0.1, 0.15) is 29.8 Å². The van der Waals surface area contributed by atoms with Gasteiger partial charge in [0, 0.05) is 24.3 Å². The van der Waals surface area contributed by atoms with E-state index in [4.69, 9.17) is 4.74 Å². The molecule has 31 heavy (non-hydrogen) atoms. The van der Waals surface area contributed by atoms with Gasteiger partial charge in [-0.25, -0.2) is 0 Å². The molecule has 0 aliphatic rings. The fraction of sp³-hybridized carbons (Fsp3) is 0.240. The monoisotopic (exact) mass is 418 g/mol. The minimum absolute atomic E-state index is 0.0505. The van der Waals surface area contributed by atoms with E-state index in [1.54, 1.807) is 29.2 Å². The van der Waals surface area contributed by atoms with E-state index in [0.29, 0.717) is 24.3 Å². The second-order valence-electron chi connectivity index (χ2n) is 7.12. The lowest BCUT2D eigenvalue weighted by atomic mass is 10.1. The summed E-state index contributed by atoms with van der Waals surface area (Å²) in [5, 5.41) is 4.82. The molecule has 3 rings (SSSR count). The van der Waals surface area contributed by atoms with E-state index in [2.05, 4.69) is 5.32 Å². The maximum atomic E-state index is 12.3. The van der Waals surface area contributed by atoms with Crippen LogP contribution >= 0.6 is 0 Å². The molecule has 0 atom stereocenters. The fourth-order valence-corrected chi connectivity index (χ4v) is 3.30. The quantitative estimate of drug-likeness (QED) is 0.560. The highest BCUT2D eigenvalue weighted by Gasteiger charge is 2.13. The fourth-order valence-electron chi connectivity index (χ4n) is 3.30. The van der Waals surface area contributed by atoms with E-state index in [-0.39, 0.29) is 18.9 Å². The summed E-state index contributed by atoms with van der Waals surface area (Å²) < 4.78 is 5.10. The average molecular weight is 418 g/mol. The van der Waals surface area contributed by atoms with Gasteiger partial charge in [0.2, 0.25) is 0 Å². The predicted octanol–water partition coefficient (Wildman–Crippen LogP) is 4.05. The molecular formula is C25H26N2O4. The third kappa shape index (κ3) is 5.92. The van der Waals surface area contributed by atoms with Crippen LogP contribution in [0.3, 0.4) is 0 Å². The molecule has 0 spiro atoms. The Balaban J connectivity index is 1.49. The van der Waals surface area contributed by atoms with Crippen molar-refractivity contribution in [3.63, 3.8) is 0 Å². The van der Waals surface area contributed by atoms with Crippen molar-refractivity contribution in [2.75, 3.05) is 25.0 Å². The second-order valence-corrected chi connectivity index (χ2v) is 7.12. The number of esters is 1. The molecule has 0 radical (unpaired) electrons. The Kier molecular flexibility index (Phi) is 7.38.